The van der Waals surface area contributed by atoms with Crippen molar-refractivity contribution in [1.82, 2.24) is 0 Å². The number of hydrogen-bond donors (Lipinski definition) is 0. The van der Waals surface area contributed by atoms with Crippen molar-refractivity contribution in [3.8, 4) is 0 Å². The van der Waals surface area contributed by atoms with Gasteiger partial charge in [-0.15, -0.1) is 12.2 Å². The van der Waals surface area contributed by atoms with E-state index in [1.807, 2.05) is 0 Å². The highest BCUT2D eigenvalue weighted by Crippen LogP contribution is 2.32. The standard InChI is InChI=1S/C9H9F3N/c1-2-13-8-5-3-4-7(6-8)9(10,11)12/h3-6H,2H2,1H3/q-1. The molecule has 0 amide bonds. The Kier molecular flexibility index (Phi) is 2.80. The van der Waals surface area contributed by atoms with Crippen LogP contribution in [0.25, 0.3) is 5.32 Å². The lowest BCUT2D eigenvalue weighted by Gasteiger charge is -2.19. The van der Waals surface area contributed by atoms with Gasteiger partial charge < -0.3 is 5.32 Å². The zero-order chi connectivity index (χ0) is 9.90. The number of halogens is 3. The molecule has 0 heterocycles. The summed E-state index contributed by atoms with van der Waals surface area (Å²) in [5.74, 6) is 0. The minimum absolute atomic E-state index is 0.373. The molecule has 1 aromatic rings. The summed E-state index contributed by atoms with van der Waals surface area (Å²) in [6, 6.07) is 4.99. The third kappa shape index (κ3) is 2.65. The molecule has 0 bridgehead atoms. The third-order valence-corrected chi connectivity index (χ3v) is 1.51. The first kappa shape index (κ1) is 9.89. The van der Waals surface area contributed by atoms with Gasteiger partial charge in [0.15, 0.2) is 0 Å². The quantitative estimate of drug-likeness (QED) is 0.671. The second kappa shape index (κ2) is 3.68. The van der Waals surface area contributed by atoms with Gasteiger partial charge in [0.1, 0.15) is 0 Å². The topological polar surface area (TPSA) is 14.1 Å². The summed E-state index contributed by atoms with van der Waals surface area (Å²) in [6.45, 7) is 2.27. The van der Waals surface area contributed by atoms with E-state index in [2.05, 4.69) is 5.32 Å². The van der Waals surface area contributed by atoms with Crippen molar-refractivity contribution < 1.29 is 13.2 Å². The summed E-state index contributed by atoms with van der Waals surface area (Å²) in [6.07, 6.45) is -4.28. The molecule has 0 spiro atoms. The van der Waals surface area contributed by atoms with Crippen molar-refractivity contribution in [3.63, 3.8) is 0 Å². The van der Waals surface area contributed by atoms with Crippen LogP contribution in [0.3, 0.4) is 0 Å². The molecule has 0 saturated carbocycles. The highest BCUT2D eigenvalue weighted by atomic mass is 19.4. The van der Waals surface area contributed by atoms with Gasteiger partial charge >= 0.3 is 6.18 Å². The summed E-state index contributed by atoms with van der Waals surface area (Å²) < 4.78 is 36.5. The van der Waals surface area contributed by atoms with Crippen molar-refractivity contribution in [2.24, 2.45) is 0 Å². The van der Waals surface area contributed by atoms with Crippen LogP contribution in [0.5, 0.6) is 0 Å². The molecule has 13 heavy (non-hydrogen) atoms. The molecule has 0 aromatic heterocycles. The molecular formula is C9H9F3N-. The SMILES string of the molecule is CC[N-]c1cccc(C(F)(F)F)c1. The van der Waals surface area contributed by atoms with Gasteiger partial charge in [-0.2, -0.15) is 13.2 Å². The van der Waals surface area contributed by atoms with E-state index in [0.29, 0.717) is 12.2 Å². The fourth-order valence-corrected chi connectivity index (χ4v) is 0.963. The van der Waals surface area contributed by atoms with E-state index >= 15 is 0 Å². The first-order valence-corrected chi connectivity index (χ1v) is 3.89. The zero-order valence-electron chi connectivity index (χ0n) is 7.10. The summed E-state index contributed by atoms with van der Waals surface area (Å²) in [5.41, 5.74) is -0.278. The van der Waals surface area contributed by atoms with E-state index in [4.69, 9.17) is 0 Å². The van der Waals surface area contributed by atoms with Crippen LogP contribution in [0, 0.1) is 0 Å². The molecule has 0 aliphatic carbocycles. The zero-order valence-corrected chi connectivity index (χ0v) is 7.10. The highest BCUT2D eigenvalue weighted by molar-refractivity contribution is 5.50. The second-order valence-electron chi connectivity index (χ2n) is 2.52. The average Bonchev–Trinajstić information content (AvgIpc) is 2.04. The fourth-order valence-electron chi connectivity index (χ4n) is 0.963. The molecule has 4 heteroatoms. The van der Waals surface area contributed by atoms with Gasteiger partial charge in [0.25, 0.3) is 0 Å². The second-order valence-corrected chi connectivity index (χ2v) is 2.52. The number of rotatable bonds is 2. The molecule has 1 nitrogen and oxygen atoms in total. The van der Waals surface area contributed by atoms with Gasteiger partial charge in [0, 0.05) is 0 Å². The Hall–Kier alpha value is -1.19. The number of nitrogens with zero attached hydrogens (tertiary/aromatic N) is 1. The lowest BCUT2D eigenvalue weighted by atomic mass is 10.2. The maximum absolute atomic E-state index is 12.2. The van der Waals surface area contributed by atoms with Crippen LogP contribution < -0.4 is 0 Å². The Morgan fingerprint density at radius 2 is 2.00 bits per heavy atom. The van der Waals surface area contributed by atoms with E-state index in [1.54, 1.807) is 13.0 Å². The van der Waals surface area contributed by atoms with E-state index in [1.165, 1.54) is 6.07 Å². The van der Waals surface area contributed by atoms with Gasteiger partial charge in [0.2, 0.25) is 0 Å². The van der Waals surface area contributed by atoms with Crippen LogP contribution in [-0.2, 0) is 6.18 Å². The van der Waals surface area contributed by atoms with Crippen LogP contribution in [0.2, 0.25) is 0 Å². The predicted octanol–water partition coefficient (Wildman–Crippen LogP) is 3.73. The lowest BCUT2D eigenvalue weighted by molar-refractivity contribution is -0.137. The van der Waals surface area contributed by atoms with Crippen LogP contribution in [0.1, 0.15) is 12.5 Å². The molecule has 1 aromatic carbocycles. The largest absolute Gasteiger partial charge is 0.684 e. The van der Waals surface area contributed by atoms with Crippen molar-refractivity contribution in [2.75, 3.05) is 6.54 Å². The minimum atomic E-state index is -4.28. The molecular weight excluding hydrogens is 179 g/mol. The van der Waals surface area contributed by atoms with Crippen molar-refractivity contribution in [2.45, 2.75) is 13.1 Å². The molecule has 0 atom stereocenters. The third-order valence-electron chi connectivity index (χ3n) is 1.51. The summed E-state index contributed by atoms with van der Waals surface area (Å²) >= 11 is 0. The Labute approximate surface area is 74.6 Å². The molecule has 0 aliphatic heterocycles. The Balaban J connectivity index is 2.92. The van der Waals surface area contributed by atoms with Crippen molar-refractivity contribution in [3.05, 3.63) is 35.1 Å². The molecule has 0 N–H and O–H groups in total. The van der Waals surface area contributed by atoms with Crippen molar-refractivity contribution in [1.29, 1.82) is 0 Å². The summed E-state index contributed by atoms with van der Waals surface area (Å²) in [5, 5.41) is 3.88. The molecule has 72 valence electrons. The first-order valence-electron chi connectivity index (χ1n) is 3.89. The maximum Gasteiger partial charge on any atom is 0.416 e. The van der Waals surface area contributed by atoms with E-state index in [9.17, 15) is 13.2 Å². The Morgan fingerprint density at radius 1 is 1.31 bits per heavy atom. The average molecular weight is 188 g/mol. The van der Waals surface area contributed by atoms with E-state index < -0.39 is 11.7 Å². The van der Waals surface area contributed by atoms with Gasteiger partial charge in [-0.1, -0.05) is 31.2 Å². The Bertz CT molecular complexity index is 280. The number of hydrogen-bond acceptors (Lipinski definition) is 0. The molecule has 1 rings (SSSR count). The van der Waals surface area contributed by atoms with Crippen LogP contribution >= 0.6 is 0 Å². The molecule has 0 radical (unpaired) electrons. The molecule has 0 unspecified atom stereocenters. The van der Waals surface area contributed by atoms with Crippen LogP contribution in [0.4, 0.5) is 18.9 Å². The van der Waals surface area contributed by atoms with Crippen LogP contribution in [-0.4, -0.2) is 6.54 Å². The predicted molar refractivity (Wildman–Crippen MR) is 45.0 cm³/mol. The van der Waals surface area contributed by atoms with Gasteiger partial charge in [-0.05, 0) is 0 Å². The number of benzene rings is 1. The van der Waals surface area contributed by atoms with Gasteiger partial charge in [-0.3, -0.25) is 0 Å². The molecule has 0 aliphatic rings. The Morgan fingerprint density at radius 3 is 2.54 bits per heavy atom. The maximum atomic E-state index is 12.2. The normalized spacial score (nSPS) is 11.4. The van der Waals surface area contributed by atoms with Crippen molar-refractivity contribution >= 4 is 5.69 Å². The van der Waals surface area contributed by atoms with Crippen LogP contribution in [0.15, 0.2) is 24.3 Å². The minimum Gasteiger partial charge on any atom is -0.684 e. The summed E-state index contributed by atoms with van der Waals surface area (Å²) in [7, 11) is 0. The first-order chi connectivity index (χ1) is 6.04. The van der Waals surface area contributed by atoms with E-state index in [0.717, 1.165) is 12.1 Å². The van der Waals surface area contributed by atoms with Gasteiger partial charge in [-0.25, -0.2) is 0 Å². The smallest absolute Gasteiger partial charge is 0.416 e. The highest BCUT2D eigenvalue weighted by Gasteiger charge is 2.29. The molecule has 0 saturated heterocycles. The number of alkyl halides is 3. The molecule has 0 fully saturated rings. The van der Waals surface area contributed by atoms with Gasteiger partial charge in [0.05, 0.1) is 5.56 Å². The fraction of sp³-hybridized carbons (Fsp3) is 0.333. The summed E-state index contributed by atoms with van der Waals surface area (Å²) in [4.78, 5) is 0. The van der Waals surface area contributed by atoms with E-state index in [-0.39, 0.29) is 0 Å². The monoisotopic (exact) mass is 188 g/mol. The lowest BCUT2D eigenvalue weighted by Crippen LogP contribution is -2.03.